The molecule has 0 saturated heterocycles. The smallest absolute Gasteiger partial charge is 0.320 e. The standard InChI is InChI=1S/C13H23NO2/c1-9(2)16-13(15)8-14-7-12(10-3-4-10)11-5-6-11/h9-12,14H,3-8H2,1-2H3. The molecule has 0 unspecified atom stereocenters. The van der Waals surface area contributed by atoms with E-state index in [1.54, 1.807) is 0 Å². The van der Waals surface area contributed by atoms with Gasteiger partial charge in [-0.2, -0.15) is 0 Å². The van der Waals surface area contributed by atoms with Crippen molar-refractivity contribution >= 4 is 5.97 Å². The zero-order chi connectivity index (χ0) is 11.5. The van der Waals surface area contributed by atoms with E-state index in [4.69, 9.17) is 4.74 Å². The summed E-state index contributed by atoms with van der Waals surface area (Å²) >= 11 is 0. The molecule has 0 aromatic heterocycles. The van der Waals surface area contributed by atoms with Gasteiger partial charge in [0.25, 0.3) is 0 Å². The monoisotopic (exact) mass is 225 g/mol. The van der Waals surface area contributed by atoms with Crippen molar-refractivity contribution in [2.24, 2.45) is 17.8 Å². The maximum atomic E-state index is 11.3. The Kier molecular flexibility index (Phi) is 3.85. The topological polar surface area (TPSA) is 38.3 Å². The van der Waals surface area contributed by atoms with Gasteiger partial charge in [0.2, 0.25) is 0 Å². The van der Waals surface area contributed by atoms with E-state index in [0.717, 1.165) is 24.3 Å². The Hall–Kier alpha value is -0.570. The number of carbonyl (C=O) groups is 1. The van der Waals surface area contributed by atoms with Crippen LogP contribution in [0.15, 0.2) is 0 Å². The third kappa shape index (κ3) is 3.78. The van der Waals surface area contributed by atoms with Gasteiger partial charge in [0, 0.05) is 0 Å². The molecule has 2 fully saturated rings. The largest absolute Gasteiger partial charge is 0.462 e. The summed E-state index contributed by atoms with van der Waals surface area (Å²) in [5, 5.41) is 3.26. The fourth-order valence-electron chi connectivity index (χ4n) is 2.41. The van der Waals surface area contributed by atoms with E-state index in [9.17, 15) is 4.79 Å². The number of rotatable bonds is 7. The first-order valence-electron chi connectivity index (χ1n) is 6.57. The Morgan fingerprint density at radius 1 is 1.25 bits per heavy atom. The normalized spacial score (nSPS) is 20.5. The number of ether oxygens (including phenoxy) is 1. The molecule has 3 heteroatoms. The van der Waals surface area contributed by atoms with Gasteiger partial charge in [0.15, 0.2) is 0 Å². The van der Waals surface area contributed by atoms with Crippen molar-refractivity contribution in [2.75, 3.05) is 13.1 Å². The lowest BCUT2D eigenvalue weighted by Crippen LogP contribution is -2.32. The molecule has 0 spiro atoms. The van der Waals surface area contributed by atoms with Gasteiger partial charge < -0.3 is 10.1 Å². The fourth-order valence-corrected chi connectivity index (χ4v) is 2.41. The van der Waals surface area contributed by atoms with Crippen LogP contribution in [0.25, 0.3) is 0 Å². The Bertz CT molecular complexity index is 232. The van der Waals surface area contributed by atoms with E-state index >= 15 is 0 Å². The Morgan fingerprint density at radius 3 is 2.25 bits per heavy atom. The van der Waals surface area contributed by atoms with Gasteiger partial charge in [0.1, 0.15) is 0 Å². The molecule has 0 radical (unpaired) electrons. The molecule has 0 bridgehead atoms. The molecule has 0 aliphatic heterocycles. The van der Waals surface area contributed by atoms with Gasteiger partial charge >= 0.3 is 5.97 Å². The summed E-state index contributed by atoms with van der Waals surface area (Å²) < 4.78 is 5.08. The molecule has 3 nitrogen and oxygen atoms in total. The van der Waals surface area contributed by atoms with Gasteiger partial charge in [-0.1, -0.05) is 0 Å². The molecule has 2 aliphatic carbocycles. The summed E-state index contributed by atoms with van der Waals surface area (Å²) in [7, 11) is 0. The molecule has 16 heavy (non-hydrogen) atoms. The summed E-state index contributed by atoms with van der Waals surface area (Å²) in [6.45, 7) is 5.14. The molecule has 92 valence electrons. The van der Waals surface area contributed by atoms with E-state index < -0.39 is 0 Å². The van der Waals surface area contributed by atoms with Crippen LogP contribution >= 0.6 is 0 Å². The number of hydrogen-bond acceptors (Lipinski definition) is 3. The van der Waals surface area contributed by atoms with Crippen LogP contribution in [0.3, 0.4) is 0 Å². The second kappa shape index (κ2) is 5.17. The Labute approximate surface area is 97.9 Å². The predicted molar refractivity (Wildman–Crippen MR) is 63.0 cm³/mol. The molecule has 1 N–H and O–H groups in total. The lowest BCUT2D eigenvalue weighted by molar-refractivity contribution is -0.146. The van der Waals surface area contributed by atoms with Gasteiger partial charge in [-0.3, -0.25) is 4.79 Å². The van der Waals surface area contributed by atoms with Crippen molar-refractivity contribution in [1.82, 2.24) is 5.32 Å². The second-order valence-corrected chi connectivity index (χ2v) is 5.51. The van der Waals surface area contributed by atoms with Gasteiger partial charge in [-0.15, -0.1) is 0 Å². The number of nitrogens with one attached hydrogen (secondary N) is 1. The molecule has 2 saturated carbocycles. The van der Waals surface area contributed by atoms with Crippen LogP contribution in [0, 0.1) is 17.8 Å². The molecule has 0 amide bonds. The fraction of sp³-hybridized carbons (Fsp3) is 0.923. The predicted octanol–water partition coefficient (Wildman–Crippen LogP) is 1.96. The van der Waals surface area contributed by atoms with Gasteiger partial charge in [-0.05, 0) is 63.8 Å². The van der Waals surface area contributed by atoms with Crippen LogP contribution < -0.4 is 5.32 Å². The number of esters is 1. The van der Waals surface area contributed by atoms with Crippen molar-refractivity contribution in [3.05, 3.63) is 0 Å². The maximum Gasteiger partial charge on any atom is 0.320 e. The minimum Gasteiger partial charge on any atom is -0.462 e. The Morgan fingerprint density at radius 2 is 1.81 bits per heavy atom. The maximum absolute atomic E-state index is 11.3. The van der Waals surface area contributed by atoms with Crippen LogP contribution in [0.4, 0.5) is 0 Å². The van der Waals surface area contributed by atoms with Crippen molar-refractivity contribution in [3.63, 3.8) is 0 Å². The zero-order valence-corrected chi connectivity index (χ0v) is 10.4. The van der Waals surface area contributed by atoms with Crippen LogP contribution in [-0.4, -0.2) is 25.2 Å². The van der Waals surface area contributed by atoms with Crippen molar-refractivity contribution in [1.29, 1.82) is 0 Å². The first-order chi connectivity index (χ1) is 7.66. The average molecular weight is 225 g/mol. The van der Waals surface area contributed by atoms with E-state index in [-0.39, 0.29) is 12.1 Å². The molecule has 2 aliphatic rings. The third-order valence-electron chi connectivity index (χ3n) is 3.47. The highest BCUT2D eigenvalue weighted by molar-refractivity contribution is 5.71. The summed E-state index contributed by atoms with van der Waals surface area (Å²) in [5.74, 6) is 2.59. The molecule has 0 heterocycles. The van der Waals surface area contributed by atoms with E-state index in [1.807, 2.05) is 13.8 Å². The lowest BCUT2D eigenvalue weighted by Gasteiger charge is -2.16. The van der Waals surface area contributed by atoms with Crippen LogP contribution in [-0.2, 0) is 9.53 Å². The average Bonchev–Trinajstić information content (AvgIpc) is 3.02. The highest BCUT2D eigenvalue weighted by Crippen LogP contribution is 2.48. The highest BCUT2D eigenvalue weighted by Gasteiger charge is 2.40. The van der Waals surface area contributed by atoms with Crippen molar-refractivity contribution < 1.29 is 9.53 Å². The summed E-state index contributed by atoms with van der Waals surface area (Å²) in [6.07, 6.45) is 5.61. The SMILES string of the molecule is CC(C)OC(=O)CNCC(C1CC1)C1CC1. The first kappa shape index (κ1) is 11.9. The van der Waals surface area contributed by atoms with Gasteiger partial charge in [-0.25, -0.2) is 0 Å². The molecule has 2 rings (SSSR count). The van der Waals surface area contributed by atoms with E-state index in [2.05, 4.69) is 5.32 Å². The minimum absolute atomic E-state index is 0.00281. The zero-order valence-electron chi connectivity index (χ0n) is 10.4. The third-order valence-corrected chi connectivity index (χ3v) is 3.47. The molecule has 0 aromatic carbocycles. The second-order valence-electron chi connectivity index (χ2n) is 5.51. The van der Waals surface area contributed by atoms with Crippen molar-refractivity contribution in [2.45, 2.75) is 45.6 Å². The molecular formula is C13H23NO2. The molecule has 0 aromatic rings. The summed E-state index contributed by atoms with van der Waals surface area (Å²) in [6, 6.07) is 0. The summed E-state index contributed by atoms with van der Waals surface area (Å²) in [4.78, 5) is 11.3. The van der Waals surface area contributed by atoms with Gasteiger partial charge in [0.05, 0.1) is 12.6 Å². The molecule has 0 atom stereocenters. The highest BCUT2D eigenvalue weighted by atomic mass is 16.5. The van der Waals surface area contributed by atoms with E-state index in [1.165, 1.54) is 25.7 Å². The number of hydrogen-bond donors (Lipinski definition) is 1. The van der Waals surface area contributed by atoms with Crippen molar-refractivity contribution in [3.8, 4) is 0 Å². The first-order valence-corrected chi connectivity index (χ1v) is 6.57. The van der Waals surface area contributed by atoms with E-state index in [0.29, 0.717) is 6.54 Å². The van der Waals surface area contributed by atoms with Crippen LogP contribution in [0.1, 0.15) is 39.5 Å². The minimum atomic E-state index is -0.125. The summed E-state index contributed by atoms with van der Waals surface area (Å²) in [5.41, 5.74) is 0. The quantitative estimate of drug-likeness (QED) is 0.673. The van der Waals surface area contributed by atoms with Crippen LogP contribution in [0.2, 0.25) is 0 Å². The van der Waals surface area contributed by atoms with Crippen LogP contribution in [0.5, 0.6) is 0 Å². The Balaban J connectivity index is 1.60. The lowest BCUT2D eigenvalue weighted by atomic mass is 9.98. The number of carbonyl (C=O) groups excluding carboxylic acids is 1. The molecular weight excluding hydrogens is 202 g/mol.